The number of carbonyl (C=O) groups is 2. The van der Waals surface area contributed by atoms with Gasteiger partial charge in [0.1, 0.15) is 5.75 Å². The molecule has 152 valence electrons. The van der Waals surface area contributed by atoms with E-state index in [9.17, 15) is 22.8 Å². The lowest BCUT2D eigenvalue weighted by Crippen LogP contribution is -2.34. The number of hydrogen-bond acceptors (Lipinski definition) is 4. The maximum absolute atomic E-state index is 13.0. The van der Waals surface area contributed by atoms with Crippen molar-refractivity contribution in [2.75, 3.05) is 25.5 Å². The molecule has 0 aliphatic rings. The molecule has 0 bridgehead atoms. The van der Waals surface area contributed by atoms with Gasteiger partial charge in [-0.25, -0.2) is 0 Å². The molecule has 0 spiro atoms. The minimum atomic E-state index is -4.55. The highest BCUT2D eigenvalue weighted by molar-refractivity contribution is 9.11. The molecule has 0 saturated heterocycles. The number of hydrogen-bond donors (Lipinski definition) is 1. The summed E-state index contributed by atoms with van der Waals surface area (Å²) >= 11 is 4.48. The Balaban J connectivity index is 2.13. The Morgan fingerprint density at radius 2 is 1.96 bits per heavy atom. The lowest BCUT2D eigenvalue weighted by atomic mass is 10.1. The molecule has 28 heavy (non-hydrogen) atoms. The molecule has 0 unspecified atom stereocenters. The summed E-state index contributed by atoms with van der Waals surface area (Å²) in [6.07, 6.45) is -3.90. The minimum Gasteiger partial charge on any atom is -0.491 e. The number of amides is 2. The second kappa shape index (κ2) is 9.42. The van der Waals surface area contributed by atoms with Crippen LogP contribution in [0.2, 0.25) is 0 Å². The molecule has 0 aliphatic heterocycles. The largest absolute Gasteiger partial charge is 0.491 e. The quantitative estimate of drug-likeness (QED) is 0.606. The molecule has 1 heterocycles. The van der Waals surface area contributed by atoms with Gasteiger partial charge in [-0.05, 0) is 52.7 Å². The van der Waals surface area contributed by atoms with Crippen LogP contribution in [0.4, 0.5) is 18.9 Å². The molecule has 1 aromatic heterocycles. The first kappa shape index (κ1) is 22.2. The SMILES string of the molecule is CCCOc1ccc(C(F)(F)F)cc1NC(=O)CN(C)C(=O)c1ccc(Br)s1. The van der Waals surface area contributed by atoms with Gasteiger partial charge in [-0.3, -0.25) is 9.59 Å². The summed E-state index contributed by atoms with van der Waals surface area (Å²) in [6.45, 7) is 1.82. The zero-order valence-corrected chi connectivity index (χ0v) is 17.5. The molecule has 0 fully saturated rings. The van der Waals surface area contributed by atoms with E-state index in [0.717, 1.165) is 15.9 Å². The number of rotatable bonds is 7. The van der Waals surface area contributed by atoms with E-state index in [0.29, 0.717) is 17.9 Å². The van der Waals surface area contributed by atoms with Crippen LogP contribution in [0.3, 0.4) is 0 Å². The number of nitrogens with zero attached hydrogens (tertiary/aromatic N) is 1. The third kappa shape index (κ3) is 5.96. The lowest BCUT2D eigenvalue weighted by Gasteiger charge is -2.18. The summed E-state index contributed by atoms with van der Waals surface area (Å²) in [4.78, 5) is 26.2. The highest BCUT2D eigenvalue weighted by Crippen LogP contribution is 2.35. The van der Waals surface area contributed by atoms with Gasteiger partial charge >= 0.3 is 6.18 Å². The molecular weight excluding hydrogens is 461 g/mol. The van der Waals surface area contributed by atoms with Crippen molar-refractivity contribution in [3.05, 3.63) is 44.6 Å². The first-order valence-electron chi connectivity index (χ1n) is 8.26. The number of halogens is 4. The average molecular weight is 479 g/mol. The Labute approximate surface area is 172 Å². The number of thiophene rings is 1. The van der Waals surface area contributed by atoms with Crippen molar-refractivity contribution in [2.24, 2.45) is 0 Å². The number of benzene rings is 1. The Kier molecular flexibility index (Phi) is 7.48. The summed E-state index contributed by atoms with van der Waals surface area (Å²) in [7, 11) is 1.44. The monoisotopic (exact) mass is 478 g/mol. The molecule has 0 aliphatic carbocycles. The van der Waals surface area contributed by atoms with E-state index < -0.39 is 17.6 Å². The fourth-order valence-electron chi connectivity index (χ4n) is 2.24. The fraction of sp³-hybridized carbons (Fsp3) is 0.333. The van der Waals surface area contributed by atoms with Crippen molar-refractivity contribution >= 4 is 44.8 Å². The number of likely N-dealkylation sites (N-methyl/N-ethyl adjacent to an activating group) is 1. The Bertz CT molecular complexity index is 855. The second-order valence-electron chi connectivity index (χ2n) is 5.87. The van der Waals surface area contributed by atoms with Gasteiger partial charge in [0.2, 0.25) is 5.91 Å². The second-order valence-corrected chi connectivity index (χ2v) is 8.33. The van der Waals surface area contributed by atoms with Gasteiger partial charge < -0.3 is 15.0 Å². The van der Waals surface area contributed by atoms with Crippen LogP contribution in [0.5, 0.6) is 5.75 Å². The molecule has 2 amide bonds. The van der Waals surface area contributed by atoms with E-state index in [1.54, 1.807) is 12.1 Å². The number of anilines is 1. The summed E-state index contributed by atoms with van der Waals surface area (Å²) in [5, 5.41) is 2.41. The molecule has 1 aromatic carbocycles. The van der Waals surface area contributed by atoms with Gasteiger partial charge in [0, 0.05) is 7.05 Å². The number of carbonyl (C=O) groups excluding carboxylic acids is 2. The van der Waals surface area contributed by atoms with Gasteiger partial charge in [-0.15, -0.1) is 11.3 Å². The summed E-state index contributed by atoms with van der Waals surface area (Å²) in [5.41, 5.74) is -0.993. The van der Waals surface area contributed by atoms with Crippen LogP contribution in [0.25, 0.3) is 0 Å². The summed E-state index contributed by atoms with van der Waals surface area (Å²) < 4.78 is 45.1. The maximum atomic E-state index is 13.0. The zero-order valence-electron chi connectivity index (χ0n) is 15.1. The predicted molar refractivity (Wildman–Crippen MR) is 105 cm³/mol. The highest BCUT2D eigenvalue weighted by atomic mass is 79.9. The van der Waals surface area contributed by atoms with Crippen LogP contribution >= 0.6 is 27.3 Å². The molecule has 2 rings (SSSR count). The average Bonchev–Trinajstić information content (AvgIpc) is 3.05. The fourth-order valence-corrected chi connectivity index (χ4v) is 3.62. The predicted octanol–water partition coefficient (Wildman–Crippen LogP) is 5.03. The number of nitrogens with one attached hydrogen (secondary N) is 1. The zero-order chi connectivity index (χ0) is 20.9. The van der Waals surface area contributed by atoms with E-state index in [4.69, 9.17) is 4.74 Å². The van der Waals surface area contributed by atoms with Crippen LogP contribution < -0.4 is 10.1 Å². The van der Waals surface area contributed by atoms with Gasteiger partial charge in [0.05, 0.1) is 33.1 Å². The Hall–Kier alpha value is -2.07. The van der Waals surface area contributed by atoms with Gasteiger partial charge in [0.25, 0.3) is 5.91 Å². The topological polar surface area (TPSA) is 58.6 Å². The van der Waals surface area contributed by atoms with Gasteiger partial charge in [-0.1, -0.05) is 6.92 Å². The van der Waals surface area contributed by atoms with Crippen LogP contribution in [0.1, 0.15) is 28.6 Å². The van der Waals surface area contributed by atoms with Gasteiger partial charge in [0.15, 0.2) is 0 Å². The van der Waals surface area contributed by atoms with Crippen molar-refractivity contribution < 1.29 is 27.5 Å². The molecule has 0 atom stereocenters. The molecule has 5 nitrogen and oxygen atoms in total. The van der Waals surface area contributed by atoms with E-state index in [-0.39, 0.29) is 23.9 Å². The van der Waals surface area contributed by atoms with Crippen LogP contribution in [-0.4, -0.2) is 36.9 Å². The minimum absolute atomic E-state index is 0.0898. The van der Waals surface area contributed by atoms with Crippen LogP contribution in [0, 0.1) is 0 Å². The van der Waals surface area contributed by atoms with Gasteiger partial charge in [-0.2, -0.15) is 13.2 Å². The molecular formula is C18H18BrF3N2O3S. The molecule has 1 N–H and O–H groups in total. The summed E-state index contributed by atoms with van der Waals surface area (Å²) in [5.74, 6) is -0.858. The van der Waals surface area contributed by atoms with Crippen molar-refractivity contribution in [1.29, 1.82) is 0 Å². The van der Waals surface area contributed by atoms with E-state index in [1.807, 2.05) is 6.92 Å². The molecule has 0 radical (unpaired) electrons. The maximum Gasteiger partial charge on any atom is 0.416 e. The van der Waals surface area contributed by atoms with E-state index in [1.165, 1.54) is 29.4 Å². The molecule has 10 heteroatoms. The first-order chi connectivity index (χ1) is 13.1. The molecule has 2 aromatic rings. The third-order valence-electron chi connectivity index (χ3n) is 3.55. The van der Waals surface area contributed by atoms with Crippen LogP contribution in [-0.2, 0) is 11.0 Å². The number of alkyl halides is 3. The highest BCUT2D eigenvalue weighted by Gasteiger charge is 2.31. The molecule has 0 saturated carbocycles. The van der Waals surface area contributed by atoms with E-state index >= 15 is 0 Å². The smallest absolute Gasteiger partial charge is 0.416 e. The normalized spacial score (nSPS) is 11.2. The van der Waals surface area contributed by atoms with Crippen LogP contribution in [0.15, 0.2) is 34.1 Å². The summed E-state index contributed by atoms with van der Waals surface area (Å²) in [6, 6.07) is 6.22. The van der Waals surface area contributed by atoms with Crippen molar-refractivity contribution in [2.45, 2.75) is 19.5 Å². The Morgan fingerprint density at radius 3 is 2.54 bits per heavy atom. The lowest BCUT2D eigenvalue weighted by molar-refractivity contribution is -0.137. The van der Waals surface area contributed by atoms with Crippen molar-refractivity contribution in [1.82, 2.24) is 4.90 Å². The standard InChI is InChI=1S/C18H18BrF3N2O3S/c1-3-8-27-13-5-4-11(18(20,21)22)9-12(13)23-16(25)10-24(2)17(26)14-6-7-15(19)28-14/h4-7,9H,3,8,10H2,1-2H3,(H,23,25). The van der Waals surface area contributed by atoms with E-state index in [2.05, 4.69) is 21.2 Å². The van der Waals surface area contributed by atoms with Crippen molar-refractivity contribution in [3.8, 4) is 5.75 Å². The number of ether oxygens (including phenoxy) is 1. The first-order valence-corrected chi connectivity index (χ1v) is 9.87. The Morgan fingerprint density at radius 1 is 1.25 bits per heavy atom. The third-order valence-corrected chi connectivity index (χ3v) is 5.17. The van der Waals surface area contributed by atoms with Crippen molar-refractivity contribution in [3.63, 3.8) is 0 Å².